The fourth-order valence-electron chi connectivity index (χ4n) is 3.53. The summed E-state index contributed by atoms with van der Waals surface area (Å²) in [6, 6.07) is 5.80. The predicted molar refractivity (Wildman–Crippen MR) is 90.6 cm³/mol. The Morgan fingerprint density at radius 2 is 2.17 bits per heavy atom. The number of urea groups is 1. The minimum absolute atomic E-state index is 0.0223. The highest BCUT2D eigenvalue weighted by molar-refractivity contribution is 5.75. The van der Waals surface area contributed by atoms with Crippen molar-refractivity contribution < 1.29 is 19.0 Å². The number of ether oxygens (including phenoxy) is 3. The number of nitrogens with zero attached hydrogens (tertiary/aromatic N) is 1. The van der Waals surface area contributed by atoms with Gasteiger partial charge in [0.1, 0.15) is 11.5 Å². The standard InChI is InChI=1S/C18H26N2O4/c1-22-13-7-8-15(17(11-13)23-2)16-6-3-9-20(16)18(21)19-12-14-5-4-10-24-14/h7-8,11,14,16H,3-6,9-10,12H2,1-2H3,(H,19,21)/t14-,16+/m0/s1. The van der Waals surface area contributed by atoms with Gasteiger partial charge in [0.05, 0.1) is 26.4 Å². The van der Waals surface area contributed by atoms with Gasteiger partial charge in [-0.15, -0.1) is 0 Å². The third-order valence-electron chi connectivity index (χ3n) is 4.82. The summed E-state index contributed by atoms with van der Waals surface area (Å²) in [6.07, 6.45) is 4.19. The maximum absolute atomic E-state index is 12.6. The molecule has 1 aromatic rings. The number of amides is 2. The topological polar surface area (TPSA) is 60.0 Å². The molecule has 0 aromatic heterocycles. The minimum atomic E-state index is -0.0223. The van der Waals surface area contributed by atoms with Crippen LogP contribution < -0.4 is 14.8 Å². The Balaban J connectivity index is 1.69. The van der Waals surface area contributed by atoms with Crippen molar-refractivity contribution in [2.45, 2.75) is 37.8 Å². The van der Waals surface area contributed by atoms with Crippen molar-refractivity contribution in [1.29, 1.82) is 0 Å². The molecule has 2 heterocycles. The van der Waals surface area contributed by atoms with E-state index < -0.39 is 0 Å². The largest absolute Gasteiger partial charge is 0.497 e. The lowest BCUT2D eigenvalue weighted by Crippen LogP contribution is -2.42. The van der Waals surface area contributed by atoms with E-state index in [2.05, 4.69) is 5.32 Å². The number of carbonyl (C=O) groups is 1. The van der Waals surface area contributed by atoms with Crippen molar-refractivity contribution in [2.24, 2.45) is 0 Å². The van der Waals surface area contributed by atoms with Crippen molar-refractivity contribution >= 4 is 6.03 Å². The van der Waals surface area contributed by atoms with Crippen LogP contribution in [0.15, 0.2) is 18.2 Å². The van der Waals surface area contributed by atoms with Crippen molar-refractivity contribution in [3.63, 3.8) is 0 Å². The van der Waals surface area contributed by atoms with Crippen molar-refractivity contribution in [3.8, 4) is 11.5 Å². The molecule has 0 unspecified atom stereocenters. The molecule has 0 aliphatic carbocycles. The number of benzene rings is 1. The Morgan fingerprint density at radius 3 is 2.88 bits per heavy atom. The number of methoxy groups -OCH3 is 2. The zero-order valence-electron chi connectivity index (χ0n) is 14.4. The molecule has 2 aliphatic rings. The highest BCUT2D eigenvalue weighted by Crippen LogP contribution is 2.38. The first-order valence-electron chi connectivity index (χ1n) is 8.61. The maximum atomic E-state index is 12.6. The Labute approximate surface area is 143 Å². The Morgan fingerprint density at radius 1 is 1.29 bits per heavy atom. The summed E-state index contributed by atoms with van der Waals surface area (Å²) < 4.78 is 16.3. The van der Waals surface area contributed by atoms with Crippen LogP contribution in [0.1, 0.15) is 37.3 Å². The van der Waals surface area contributed by atoms with Crippen LogP contribution in [0.2, 0.25) is 0 Å². The molecule has 2 atom stereocenters. The summed E-state index contributed by atoms with van der Waals surface area (Å²) in [6.45, 7) is 2.15. The molecule has 132 valence electrons. The average Bonchev–Trinajstić information content (AvgIpc) is 3.30. The summed E-state index contributed by atoms with van der Waals surface area (Å²) in [5, 5.41) is 3.02. The maximum Gasteiger partial charge on any atom is 0.318 e. The molecule has 0 bridgehead atoms. The van der Waals surface area contributed by atoms with Crippen molar-refractivity contribution in [3.05, 3.63) is 23.8 Å². The van der Waals surface area contributed by atoms with Gasteiger partial charge in [0.25, 0.3) is 0 Å². The van der Waals surface area contributed by atoms with Crippen LogP contribution in [0.3, 0.4) is 0 Å². The predicted octanol–water partition coefficient (Wildman–Crippen LogP) is 2.73. The van der Waals surface area contributed by atoms with E-state index >= 15 is 0 Å². The molecule has 2 aliphatic heterocycles. The van der Waals surface area contributed by atoms with Crippen LogP contribution >= 0.6 is 0 Å². The smallest absolute Gasteiger partial charge is 0.318 e. The van der Waals surface area contributed by atoms with Crippen molar-refractivity contribution in [2.75, 3.05) is 33.9 Å². The van der Waals surface area contributed by atoms with E-state index in [4.69, 9.17) is 14.2 Å². The van der Waals surface area contributed by atoms with Crippen LogP contribution in [0.5, 0.6) is 11.5 Å². The second-order valence-corrected chi connectivity index (χ2v) is 6.28. The number of nitrogens with one attached hydrogen (secondary N) is 1. The summed E-state index contributed by atoms with van der Waals surface area (Å²) in [5.74, 6) is 1.51. The first kappa shape index (κ1) is 16.9. The van der Waals surface area contributed by atoms with E-state index in [1.54, 1.807) is 14.2 Å². The van der Waals surface area contributed by atoms with Gasteiger partial charge >= 0.3 is 6.03 Å². The lowest BCUT2D eigenvalue weighted by atomic mass is 10.0. The van der Waals surface area contributed by atoms with E-state index in [0.29, 0.717) is 6.54 Å². The molecule has 2 amide bonds. The molecule has 6 heteroatoms. The molecular weight excluding hydrogens is 308 g/mol. The van der Waals surface area contributed by atoms with E-state index in [1.807, 2.05) is 23.1 Å². The molecule has 1 N–H and O–H groups in total. The Bertz CT molecular complexity index is 572. The van der Waals surface area contributed by atoms with E-state index in [0.717, 1.165) is 55.9 Å². The molecule has 0 saturated carbocycles. The van der Waals surface area contributed by atoms with Crippen molar-refractivity contribution in [1.82, 2.24) is 10.2 Å². The summed E-state index contributed by atoms with van der Waals surface area (Å²) >= 11 is 0. The van der Waals surface area contributed by atoms with Crippen LogP contribution in [0.4, 0.5) is 4.79 Å². The molecule has 1 aromatic carbocycles. The van der Waals surface area contributed by atoms with Gasteiger partial charge in [-0.2, -0.15) is 0 Å². The Kier molecular flexibility index (Phi) is 5.45. The second kappa shape index (κ2) is 7.75. The van der Waals surface area contributed by atoms with Gasteiger partial charge in [0, 0.05) is 31.3 Å². The van der Waals surface area contributed by atoms with Crippen LogP contribution in [-0.4, -0.2) is 51.0 Å². The minimum Gasteiger partial charge on any atom is -0.497 e. The molecule has 2 fully saturated rings. The van der Waals surface area contributed by atoms with E-state index in [9.17, 15) is 4.79 Å². The van der Waals surface area contributed by atoms with Gasteiger partial charge in [0.2, 0.25) is 0 Å². The summed E-state index contributed by atoms with van der Waals surface area (Å²) in [7, 11) is 3.28. The molecule has 0 radical (unpaired) electrons. The zero-order chi connectivity index (χ0) is 16.9. The van der Waals surface area contributed by atoms with Gasteiger partial charge < -0.3 is 24.4 Å². The van der Waals surface area contributed by atoms with Gasteiger partial charge in [-0.3, -0.25) is 0 Å². The fraction of sp³-hybridized carbons (Fsp3) is 0.611. The monoisotopic (exact) mass is 334 g/mol. The molecule has 6 nitrogen and oxygen atoms in total. The number of carbonyl (C=O) groups excluding carboxylic acids is 1. The average molecular weight is 334 g/mol. The SMILES string of the molecule is COc1ccc([C@H]2CCCN2C(=O)NC[C@@H]2CCCO2)c(OC)c1. The first-order chi connectivity index (χ1) is 11.7. The zero-order valence-corrected chi connectivity index (χ0v) is 14.4. The van der Waals surface area contributed by atoms with Gasteiger partial charge in [-0.05, 0) is 37.8 Å². The normalized spacial score (nSPS) is 23.3. The lowest BCUT2D eigenvalue weighted by molar-refractivity contribution is 0.108. The Hall–Kier alpha value is -1.95. The van der Waals surface area contributed by atoms with Gasteiger partial charge in [0.15, 0.2) is 0 Å². The third-order valence-corrected chi connectivity index (χ3v) is 4.82. The molecule has 2 saturated heterocycles. The van der Waals surface area contributed by atoms with Gasteiger partial charge in [-0.1, -0.05) is 0 Å². The van der Waals surface area contributed by atoms with E-state index in [1.165, 1.54) is 0 Å². The van der Waals surface area contributed by atoms with E-state index in [-0.39, 0.29) is 18.2 Å². The van der Waals surface area contributed by atoms with Crippen LogP contribution in [0.25, 0.3) is 0 Å². The lowest BCUT2D eigenvalue weighted by Gasteiger charge is -2.27. The molecule has 0 spiro atoms. The molecule has 24 heavy (non-hydrogen) atoms. The highest BCUT2D eigenvalue weighted by Gasteiger charge is 2.32. The first-order valence-corrected chi connectivity index (χ1v) is 8.61. The summed E-state index contributed by atoms with van der Waals surface area (Å²) in [5.41, 5.74) is 1.03. The van der Waals surface area contributed by atoms with Crippen LogP contribution in [0, 0.1) is 0 Å². The molecule has 3 rings (SSSR count). The van der Waals surface area contributed by atoms with Gasteiger partial charge in [-0.25, -0.2) is 4.79 Å². The fourth-order valence-corrected chi connectivity index (χ4v) is 3.53. The summed E-state index contributed by atoms with van der Waals surface area (Å²) in [4.78, 5) is 14.5. The highest BCUT2D eigenvalue weighted by atomic mass is 16.5. The quantitative estimate of drug-likeness (QED) is 0.899. The number of rotatable bonds is 5. The number of hydrogen-bond donors (Lipinski definition) is 1. The second-order valence-electron chi connectivity index (χ2n) is 6.28. The number of hydrogen-bond acceptors (Lipinski definition) is 4. The third kappa shape index (κ3) is 3.59. The van der Waals surface area contributed by atoms with Crippen LogP contribution in [-0.2, 0) is 4.74 Å². The molecular formula is C18H26N2O4. The number of likely N-dealkylation sites (tertiary alicyclic amines) is 1.